The Balaban J connectivity index is 1.79. The molecule has 0 N–H and O–H groups in total. The van der Waals surface area contributed by atoms with E-state index in [1.807, 2.05) is 41.4 Å². The SMILES string of the molecule is C[Si](C)(C)CCOCn1cnc2c(-c3ccccc3)nccc21. The van der Waals surface area contributed by atoms with E-state index < -0.39 is 8.07 Å². The number of benzene rings is 1. The van der Waals surface area contributed by atoms with Crippen LogP contribution in [0.5, 0.6) is 0 Å². The van der Waals surface area contributed by atoms with Crippen molar-refractivity contribution in [2.24, 2.45) is 0 Å². The third kappa shape index (κ3) is 3.86. The van der Waals surface area contributed by atoms with Gasteiger partial charge in [0.25, 0.3) is 0 Å². The van der Waals surface area contributed by atoms with Crippen LogP contribution < -0.4 is 0 Å². The first-order chi connectivity index (χ1) is 11.0. The summed E-state index contributed by atoms with van der Waals surface area (Å²) in [5.74, 6) is 0. The van der Waals surface area contributed by atoms with E-state index >= 15 is 0 Å². The Morgan fingerprint density at radius 2 is 1.83 bits per heavy atom. The fourth-order valence-electron chi connectivity index (χ4n) is 2.44. The Kier molecular flexibility index (Phi) is 4.59. The molecule has 0 saturated carbocycles. The largest absolute Gasteiger partial charge is 0.361 e. The molecule has 4 nitrogen and oxygen atoms in total. The monoisotopic (exact) mass is 325 g/mol. The Morgan fingerprint density at radius 3 is 2.57 bits per heavy atom. The molecule has 120 valence electrons. The Hall–Kier alpha value is -1.98. The maximum atomic E-state index is 5.85. The van der Waals surface area contributed by atoms with Crippen LogP contribution in [0, 0.1) is 0 Å². The van der Waals surface area contributed by atoms with Crippen molar-refractivity contribution >= 4 is 19.1 Å². The number of aromatic nitrogens is 3. The average molecular weight is 325 g/mol. The third-order valence-corrected chi connectivity index (χ3v) is 5.52. The quantitative estimate of drug-likeness (QED) is 0.498. The van der Waals surface area contributed by atoms with Crippen molar-refractivity contribution in [1.29, 1.82) is 0 Å². The van der Waals surface area contributed by atoms with Gasteiger partial charge in [-0.1, -0.05) is 50.0 Å². The van der Waals surface area contributed by atoms with Gasteiger partial charge in [0, 0.05) is 26.4 Å². The lowest BCUT2D eigenvalue weighted by Gasteiger charge is -2.15. The summed E-state index contributed by atoms with van der Waals surface area (Å²) in [6.45, 7) is 8.44. The molecule has 0 spiro atoms. The first kappa shape index (κ1) is 15.9. The first-order valence-corrected chi connectivity index (χ1v) is 11.7. The Bertz CT molecular complexity index is 778. The molecule has 5 heteroatoms. The number of hydrogen-bond acceptors (Lipinski definition) is 3. The van der Waals surface area contributed by atoms with Gasteiger partial charge in [-0.25, -0.2) is 4.98 Å². The van der Waals surface area contributed by atoms with Gasteiger partial charge in [-0.05, 0) is 12.1 Å². The van der Waals surface area contributed by atoms with Gasteiger partial charge in [-0.2, -0.15) is 0 Å². The van der Waals surface area contributed by atoms with E-state index in [0.717, 1.165) is 28.9 Å². The van der Waals surface area contributed by atoms with Gasteiger partial charge in [0.15, 0.2) is 0 Å². The number of fused-ring (bicyclic) bond motifs is 1. The van der Waals surface area contributed by atoms with Gasteiger partial charge in [0.2, 0.25) is 0 Å². The minimum absolute atomic E-state index is 0.541. The molecule has 0 aliphatic carbocycles. The van der Waals surface area contributed by atoms with E-state index in [2.05, 4.69) is 41.7 Å². The first-order valence-electron chi connectivity index (χ1n) is 7.98. The molecule has 0 aliphatic rings. The topological polar surface area (TPSA) is 39.9 Å². The molecule has 3 aromatic rings. The van der Waals surface area contributed by atoms with Crippen molar-refractivity contribution in [1.82, 2.24) is 14.5 Å². The van der Waals surface area contributed by atoms with Gasteiger partial charge < -0.3 is 9.30 Å². The number of nitrogens with zero attached hydrogens (tertiary/aromatic N) is 3. The number of pyridine rings is 1. The maximum Gasteiger partial charge on any atom is 0.124 e. The van der Waals surface area contributed by atoms with Gasteiger partial charge >= 0.3 is 0 Å². The molecule has 0 unspecified atom stereocenters. The lowest BCUT2D eigenvalue weighted by atomic mass is 10.1. The summed E-state index contributed by atoms with van der Waals surface area (Å²) >= 11 is 0. The lowest BCUT2D eigenvalue weighted by molar-refractivity contribution is 0.0898. The van der Waals surface area contributed by atoms with Crippen molar-refractivity contribution in [2.45, 2.75) is 32.4 Å². The molecule has 2 heterocycles. The molecule has 0 aliphatic heterocycles. The van der Waals surface area contributed by atoms with Crippen LogP contribution in [-0.4, -0.2) is 29.2 Å². The van der Waals surface area contributed by atoms with E-state index in [-0.39, 0.29) is 0 Å². The predicted octanol–water partition coefficient (Wildman–Crippen LogP) is 4.41. The van der Waals surface area contributed by atoms with E-state index in [9.17, 15) is 0 Å². The summed E-state index contributed by atoms with van der Waals surface area (Å²) in [7, 11) is -1.05. The van der Waals surface area contributed by atoms with Crippen LogP contribution in [0.15, 0.2) is 48.9 Å². The number of imidazole rings is 1. The van der Waals surface area contributed by atoms with E-state index in [1.165, 1.54) is 6.04 Å². The summed E-state index contributed by atoms with van der Waals surface area (Å²) in [4.78, 5) is 9.06. The van der Waals surface area contributed by atoms with Crippen LogP contribution in [0.1, 0.15) is 0 Å². The summed E-state index contributed by atoms with van der Waals surface area (Å²) in [6, 6.07) is 13.3. The number of ether oxygens (including phenoxy) is 1. The summed E-state index contributed by atoms with van der Waals surface area (Å²) in [5, 5.41) is 0. The zero-order valence-corrected chi connectivity index (χ0v) is 15.0. The highest BCUT2D eigenvalue weighted by Gasteiger charge is 2.13. The Labute approximate surface area is 138 Å². The van der Waals surface area contributed by atoms with Gasteiger partial charge in [0.1, 0.15) is 12.2 Å². The Morgan fingerprint density at radius 1 is 1.04 bits per heavy atom. The fraction of sp³-hybridized carbons (Fsp3) is 0.333. The van der Waals surface area contributed by atoms with Crippen LogP contribution in [0.2, 0.25) is 25.7 Å². The van der Waals surface area contributed by atoms with E-state index in [0.29, 0.717) is 6.73 Å². The van der Waals surface area contributed by atoms with E-state index in [1.54, 1.807) is 0 Å². The highest BCUT2D eigenvalue weighted by atomic mass is 28.3. The van der Waals surface area contributed by atoms with Crippen molar-refractivity contribution in [2.75, 3.05) is 6.61 Å². The minimum Gasteiger partial charge on any atom is -0.361 e. The molecule has 0 saturated heterocycles. The fourth-order valence-corrected chi connectivity index (χ4v) is 3.20. The average Bonchev–Trinajstić information content (AvgIpc) is 2.95. The summed E-state index contributed by atoms with van der Waals surface area (Å²) < 4.78 is 7.89. The van der Waals surface area contributed by atoms with Gasteiger partial charge in [0.05, 0.1) is 17.5 Å². The van der Waals surface area contributed by atoms with Crippen LogP contribution in [-0.2, 0) is 11.5 Å². The number of rotatable bonds is 6. The van der Waals surface area contributed by atoms with Crippen molar-refractivity contribution < 1.29 is 4.74 Å². The van der Waals surface area contributed by atoms with Crippen LogP contribution >= 0.6 is 0 Å². The highest BCUT2D eigenvalue weighted by Crippen LogP contribution is 2.25. The second-order valence-electron chi connectivity index (χ2n) is 6.96. The molecule has 0 amide bonds. The van der Waals surface area contributed by atoms with Crippen molar-refractivity contribution in [3.63, 3.8) is 0 Å². The molecule has 0 bridgehead atoms. The zero-order valence-electron chi connectivity index (χ0n) is 14.0. The second kappa shape index (κ2) is 6.64. The molecule has 0 radical (unpaired) electrons. The van der Waals surface area contributed by atoms with Crippen molar-refractivity contribution in [3.05, 3.63) is 48.9 Å². The summed E-state index contributed by atoms with van der Waals surface area (Å²) in [5.41, 5.74) is 3.99. The number of hydrogen-bond donors (Lipinski definition) is 0. The molecule has 2 aromatic heterocycles. The highest BCUT2D eigenvalue weighted by molar-refractivity contribution is 6.76. The van der Waals surface area contributed by atoms with E-state index in [4.69, 9.17) is 4.74 Å². The summed E-state index contributed by atoms with van der Waals surface area (Å²) in [6.07, 6.45) is 3.68. The maximum absolute atomic E-state index is 5.85. The minimum atomic E-state index is -1.05. The molecule has 23 heavy (non-hydrogen) atoms. The molecular weight excluding hydrogens is 302 g/mol. The molecule has 0 fully saturated rings. The predicted molar refractivity (Wildman–Crippen MR) is 97.1 cm³/mol. The smallest absolute Gasteiger partial charge is 0.124 e. The normalized spacial score (nSPS) is 12.0. The molecule has 0 atom stereocenters. The molecule has 1 aromatic carbocycles. The van der Waals surface area contributed by atoms with Crippen LogP contribution in [0.4, 0.5) is 0 Å². The molecule has 3 rings (SSSR count). The van der Waals surface area contributed by atoms with Crippen molar-refractivity contribution in [3.8, 4) is 11.3 Å². The zero-order chi connectivity index (χ0) is 16.3. The standard InChI is InChI=1S/C18H23N3OSi/c1-23(2,3)12-11-22-14-21-13-20-18-16(21)9-10-19-17(18)15-7-5-4-6-8-15/h4-10,13H,11-12,14H2,1-3H3. The third-order valence-electron chi connectivity index (χ3n) is 3.81. The van der Waals surface area contributed by atoms with Gasteiger partial charge in [-0.15, -0.1) is 0 Å². The van der Waals surface area contributed by atoms with Gasteiger partial charge in [-0.3, -0.25) is 4.98 Å². The van der Waals surface area contributed by atoms with Crippen LogP contribution in [0.3, 0.4) is 0 Å². The lowest BCUT2D eigenvalue weighted by Crippen LogP contribution is -2.21. The van der Waals surface area contributed by atoms with Crippen LogP contribution in [0.25, 0.3) is 22.3 Å². The second-order valence-corrected chi connectivity index (χ2v) is 12.6. The molecular formula is C18H23N3OSi.